The molecule has 5 rings (SSSR count). The number of esters is 1. The molecule has 3 aromatic rings. The molecule has 6 heteroatoms. The van der Waals surface area contributed by atoms with Crippen LogP contribution >= 0.6 is 0 Å². The Kier molecular flexibility index (Phi) is 3.52. The third-order valence-electron chi connectivity index (χ3n) is 5.98. The molecule has 0 radical (unpaired) electrons. The molecule has 2 aliphatic rings. The number of carbonyl (C=O) groups is 1. The highest BCUT2D eigenvalue weighted by Gasteiger charge is 2.45. The van der Waals surface area contributed by atoms with Crippen molar-refractivity contribution in [3.8, 4) is 11.4 Å². The first kappa shape index (κ1) is 17.1. The van der Waals surface area contributed by atoms with Crippen LogP contribution in [0.2, 0.25) is 0 Å². The van der Waals surface area contributed by atoms with Gasteiger partial charge in [0.2, 0.25) is 0 Å². The Morgan fingerprint density at radius 2 is 2.04 bits per heavy atom. The molecule has 0 saturated carbocycles. The number of hydrogen-bond donors (Lipinski definition) is 1. The SMILES string of the molecule is CCc1ccc2cc3c(nc2c1)-c1cc2c(c(=O)n1C3)COC(=O)[C@@]2(O)CC. The van der Waals surface area contributed by atoms with Crippen molar-refractivity contribution in [1.82, 2.24) is 9.55 Å². The summed E-state index contributed by atoms with van der Waals surface area (Å²) >= 11 is 0. The maximum Gasteiger partial charge on any atom is 0.343 e. The number of benzene rings is 1. The van der Waals surface area contributed by atoms with E-state index >= 15 is 0 Å². The number of rotatable bonds is 2. The molecule has 0 bridgehead atoms. The third-order valence-corrected chi connectivity index (χ3v) is 5.98. The summed E-state index contributed by atoms with van der Waals surface area (Å²) in [7, 11) is 0. The van der Waals surface area contributed by atoms with E-state index < -0.39 is 11.6 Å². The van der Waals surface area contributed by atoms with Gasteiger partial charge in [-0.3, -0.25) is 4.79 Å². The fourth-order valence-corrected chi connectivity index (χ4v) is 4.24. The van der Waals surface area contributed by atoms with Crippen LogP contribution in [-0.4, -0.2) is 20.6 Å². The highest BCUT2D eigenvalue weighted by molar-refractivity contribution is 5.86. The quantitative estimate of drug-likeness (QED) is 0.544. The summed E-state index contributed by atoms with van der Waals surface area (Å²) in [6.07, 6.45) is 1.06. The second-order valence-electron chi connectivity index (χ2n) is 7.48. The number of cyclic esters (lactones) is 1. The fourth-order valence-electron chi connectivity index (χ4n) is 4.24. The highest BCUT2D eigenvalue weighted by atomic mass is 16.6. The normalized spacial score (nSPS) is 19.9. The van der Waals surface area contributed by atoms with E-state index in [9.17, 15) is 14.7 Å². The lowest BCUT2D eigenvalue weighted by Gasteiger charge is -2.31. The predicted octanol–water partition coefficient (Wildman–Crippen LogP) is 2.64. The zero-order chi connectivity index (χ0) is 19.6. The second kappa shape index (κ2) is 5.75. The number of aliphatic hydroxyl groups is 1. The van der Waals surface area contributed by atoms with E-state index in [-0.39, 0.29) is 18.6 Å². The molecule has 4 heterocycles. The van der Waals surface area contributed by atoms with Crippen LogP contribution in [0.1, 0.15) is 42.5 Å². The van der Waals surface area contributed by atoms with Gasteiger partial charge in [-0.25, -0.2) is 9.78 Å². The van der Waals surface area contributed by atoms with Crippen molar-refractivity contribution in [3.63, 3.8) is 0 Å². The Hall–Kier alpha value is -2.99. The largest absolute Gasteiger partial charge is 0.458 e. The van der Waals surface area contributed by atoms with Crippen LogP contribution in [0.15, 0.2) is 35.1 Å². The van der Waals surface area contributed by atoms with E-state index in [1.165, 1.54) is 5.56 Å². The molecule has 1 N–H and O–H groups in total. The summed E-state index contributed by atoms with van der Waals surface area (Å²) < 4.78 is 6.76. The zero-order valence-electron chi connectivity index (χ0n) is 15.8. The average molecular weight is 376 g/mol. The molecule has 6 nitrogen and oxygen atoms in total. The molecule has 0 spiro atoms. The van der Waals surface area contributed by atoms with Gasteiger partial charge in [0.15, 0.2) is 5.60 Å². The van der Waals surface area contributed by atoms with Crippen LogP contribution in [0.4, 0.5) is 0 Å². The first-order chi connectivity index (χ1) is 13.5. The van der Waals surface area contributed by atoms with Gasteiger partial charge < -0.3 is 14.4 Å². The molecule has 0 unspecified atom stereocenters. The van der Waals surface area contributed by atoms with Crippen molar-refractivity contribution in [2.75, 3.05) is 0 Å². The molecule has 142 valence electrons. The van der Waals surface area contributed by atoms with Crippen LogP contribution in [0.25, 0.3) is 22.3 Å². The Morgan fingerprint density at radius 1 is 1.21 bits per heavy atom. The smallest absolute Gasteiger partial charge is 0.343 e. The minimum atomic E-state index is -1.79. The van der Waals surface area contributed by atoms with E-state index in [2.05, 4.69) is 31.2 Å². The Morgan fingerprint density at radius 3 is 2.79 bits per heavy atom. The molecular weight excluding hydrogens is 356 g/mol. The summed E-state index contributed by atoms with van der Waals surface area (Å²) in [5.74, 6) is -0.705. The summed E-state index contributed by atoms with van der Waals surface area (Å²) in [4.78, 5) is 30.2. The van der Waals surface area contributed by atoms with Gasteiger partial charge in [-0.1, -0.05) is 26.0 Å². The maximum absolute atomic E-state index is 13.1. The Bertz CT molecular complexity index is 1230. The number of hydrogen-bond acceptors (Lipinski definition) is 5. The van der Waals surface area contributed by atoms with E-state index in [0.29, 0.717) is 23.4 Å². The molecule has 2 aliphatic heterocycles. The van der Waals surface area contributed by atoms with E-state index in [4.69, 9.17) is 9.72 Å². The molecule has 1 aromatic carbocycles. The standard InChI is InChI=1S/C22H20N2O4/c1-3-12-5-6-13-8-14-10-24-18(19(14)23-17(13)7-12)9-16-15(20(24)25)11-28-21(26)22(16,27)4-2/h5-9,27H,3-4,10-11H2,1-2H3/t22-/m1/s1. The lowest BCUT2D eigenvalue weighted by Crippen LogP contribution is -2.44. The van der Waals surface area contributed by atoms with Gasteiger partial charge in [-0.15, -0.1) is 0 Å². The minimum absolute atomic E-state index is 0.110. The molecule has 2 aromatic heterocycles. The van der Waals surface area contributed by atoms with Crippen LogP contribution in [0.5, 0.6) is 0 Å². The van der Waals surface area contributed by atoms with Gasteiger partial charge in [0.1, 0.15) is 6.61 Å². The summed E-state index contributed by atoms with van der Waals surface area (Å²) in [5.41, 5.74) is 3.08. The number of ether oxygens (including phenoxy) is 1. The van der Waals surface area contributed by atoms with Crippen LogP contribution < -0.4 is 5.56 Å². The number of fused-ring (bicyclic) bond motifs is 5. The van der Waals surface area contributed by atoms with E-state index in [0.717, 1.165) is 28.6 Å². The van der Waals surface area contributed by atoms with Gasteiger partial charge >= 0.3 is 5.97 Å². The Labute approximate surface area is 161 Å². The van der Waals surface area contributed by atoms with Gasteiger partial charge in [-0.05, 0) is 36.6 Å². The Balaban J connectivity index is 1.78. The van der Waals surface area contributed by atoms with Gasteiger partial charge in [0, 0.05) is 16.5 Å². The molecule has 1 atom stereocenters. The zero-order valence-corrected chi connectivity index (χ0v) is 15.8. The van der Waals surface area contributed by atoms with Gasteiger partial charge in [-0.2, -0.15) is 0 Å². The first-order valence-electron chi connectivity index (χ1n) is 9.56. The molecule has 0 saturated heterocycles. The molecule has 0 amide bonds. The lowest BCUT2D eigenvalue weighted by atomic mass is 9.86. The number of nitrogens with zero attached hydrogens (tertiary/aromatic N) is 2. The number of aromatic nitrogens is 2. The highest BCUT2D eigenvalue weighted by Crippen LogP contribution is 2.38. The van der Waals surface area contributed by atoms with E-state index in [1.807, 2.05) is 0 Å². The molecule has 0 aliphatic carbocycles. The molecule has 28 heavy (non-hydrogen) atoms. The number of aryl methyl sites for hydroxylation is 1. The van der Waals surface area contributed by atoms with Crippen molar-refractivity contribution in [1.29, 1.82) is 0 Å². The van der Waals surface area contributed by atoms with Crippen LogP contribution in [0.3, 0.4) is 0 Å². The van der Waals surface area contributed by atoms with Crippen molar-refractivity contribution < 1.29 is 14.6 Å². The predicted molar refractivity (Wildman–Crippen MR) is 104 cm³/mol. The third kappa shape index (κ3) is 2.15. The fraction of sp³-hybridized carbons (Fsp3) is 0.318. The van der Waals surface area contributed by atoms with E-state index in [1.54, 1.807) is 17.6 Å². The monoisotopic (exact) mass is 376 g/mol. The van der Waals surface area contributed by atoms with Crippen molar-refractivity contribution in [2.45, 2.75) is 45.4 Å². The molecule has 0 fully saturated rings. The van der Waals surface area contributed by atoms with Crippen molar-refractivity contribution in [2.24, 2.45) is 0 Å². The van der Waals surface area contributed by atoms with Crippen molar-refractivity contribution in [3.05, 3.63) is 62.9 Å². The van der Waals surface area contributed by atoms with Crippen LogP contribution in [-0.2, 0) is 34.7 Å². The summed E-state index contributed by atoms with van der Waals surface area (Å²) in [6.45, 7) is 4.11. The average Bonchev–Trinajstić information content (AvgIpc) is 3.07. The van der Waals surface area contributed by atoms with Crippen LogP contribution in [0, 0.1) is 0 Å². The minimum Gasteiger partial charge on any atom is -0.458 e. The number of pyridine rings is 2. The number of carbonyl (C=O) groups excluding carboxylic acids is 1. The maximum atomic E-state index is 13.1. The topological polar surface area (TPSA) is 81.4 Å². The first-order valence-corrected chi connectivity index (χ1v) is 9.56. The van der Waals surface area contributed by atoms with Gasteiger partial charge in [0.25, 0.3) is 5.56 Å². The van der Waals surface area contributed by atoms with Gasteiger partial charge in [0.05, 0.1) is 29.0 Å². The second-order valence-corrected chi connectivity index (χ2v) is 7.48. The summed E-state index contributed by atoms with van der Waals surface area (Å²) in [5, 5.41) is 11.9. The molecular formula is C22H20N2O4. The lowest BCUT2D eigenvalue weighted by molar-refractivity contribution is -0.172. The summed E-state index contributed by atoms with van der Waals surface area (Å²) in [6, 6.07) is 10.0. The van der Waals surface area contributed by atoms with Crippen molar-refractivity contribution >= 4 is 16.9 Å².